The number of aromatic nitrogens is 2. The lowest BCUT2D eigenvalue weighted by Gasteiger charge is -2.21. The molecule has 4 rings (SSSR count). The molecular formula is C28H25N3O4. The molecule has 7 heteroatoms. The van der Waals surface area contributed by atoms with Gasteiger partial charge in [-0.2, -0.15) is 0 Å². The number of nitrogens with zero attached hydrogens (tertiary/aromatic N) is 2. The SMILES string of the molecule is Cn1c(=O)n(C2CCC(=O)NC2=O)c2ccc(C#CCCCCC#Cc3cccc(C=O)c3)cc21. The summed E-state index contributed by atoms with van der Waals surface area (Å²) in [5.41, 5.74) is 3.31. The fourth-order valence-electron chi connectivity index (χ4n) is 4.12. The monoisotopic (exact) mass is 467 g/mol. The third-order valence-corrected chi connectivity index (χ3v) is 5.95. The number of nitrogens with one attached hydrogen (secondary N) is 1. The van der Waals surface area contributed by atoms with Crippen LogP contribution < -0.4 is 11.0 Å². The Hall–Kier alpha value is -4.36. The van der Waals surface area contributed by atoms with E-state index in [0.29, 0.717) is 23.0 Å². The van der Waals surface area contributed by atoms with Crippen molar-refractivity contribution >= 4 is 29.1 Å². The lowest BCUT2D eigenvalue weighted by atomic mass is 10.1. The minimum absolute atomic E-state index is 0.210. The number of carbonyl (C=O) groups is 3. The van der Waals surface area contributed by atoms with E-state index in [1.165, 1.54) is 9.13 Å². The molecule has 1 N–H and O–H groups in total. The highest BCUT2D eigenvalue weighted by atomic mass is 16.2. The van der Waals surface area contributed by atoms with Gasteiger partial charge in [0.05, 0.1) is 11.0 Å². The van der Waals surface area contributed by atoms with E-state index in [1.807, 2.05) is 24.3 Å². The van der Waals surface area contributed by atoms with Gasteiger partial charge in [-0.3, -0.25) is 28.8 Å². The third-order valence-electron chi connectivity index (χ3n) is 5.95. The maximum Gasteiger partial charge on any atom is 0.329 e. The zero-order valence-corrected chi connectivity index (χ0v) is 19.5. The highest BCUT2D eigenvalue weighted by Crippen LogP contribution is 2.23. The van der Waals surface area contributed by atoms with Gasteiger partial charge in [-0.1, -0.05) is 35.8 Å². The standard InChI is InChI=1S/C28H25N3O4/c1-30-25-18-21(10-7-5-3-2-4-6-9-20-11-8-12-22(17-20)19-32)13-14-23(25)31(28(30)35)24-15-16-26(33)29-27(24)34/h8,11-14,17-19,24H,2-5,15-16H2,1H3,(H,29,33,34). The summed E-state index contributed by atoms with van der Waals surface area (Å²) in [4.78, 5) is 47.4. The van der Waals surface area contributed by atoms with Crippen molar-refractivity contribution in [1.29, 1.82) is 0 Å². The number of piperidine rings is 1. The number of carbonyl (C=O) groups excluding carboxylic acids is 3. The zero-order chi connectivity index (χ0) is 24.8. The van der Waals surface area contributed by atoms with E-state index in [9.17, 15) is 19.2 Å². The van der Waals surface area contributed by atoms with E-state index in [0.717, 1.165) is 43.1 Å². The first-order valence-electron chi connectivity index (χ1n) is 11.6. The Morgan fingerprint density at radius 1 is 0.971 bits per heavy atom. The molecule has 1 saturated heterocycles. The minimum atomic E-state index is -0.696. The lowest BCUT2D eigenvalue weighted by Crippen LogP contribution is -2.44. The van der Waals surface area contributed by atoms with E-state index in [4.69, 9.17) is 0 Å². The van der Waals surface area contributed by atoms with Crippen LogP contribution >= 0.6 is 0 Å². The van der Waals surface area contributed by atoms with E-state index < -0.39 is 11.9 Å². The fourth-order valence-corrected chi connectivity index (χ4v) is 4.12. The van der Waals surface area contributed by atoms with Gasteiger partial charge in [0.2, 0.25) is 11.8 Å². The highest BCUT2D eigenvalue weighted by molar-refractivity contribution is 6.00. The van der Waals surface area contributed by atoms with Crippen LogP contribution in [0, 0.1) is 23.7 Å². The Balaban J connectivity index is 1.37. The highest BCUT2D eigenvalue weighted by Gasteiger charge is 2.31. The van der Waals surface area contributed by atoms with E-state index >= 15 is 0 Å². The number of amides is 2. The van der Waals surface area contributed by atoms with Crippen molar-refractivity contribution < 1.29 is 14.4 Å². The predicted octanol–water partition coefficient (Wildman–Crippen LogP) is 3.09. The smallest absolute Gasteiger partial charge is 0.298 e. The molecule has 2 heterocycles. The number of unbranched alkanes of at least 4 members (excludes halogenated alkanes) is 3. The van der Waals surface area contributed by atoms with Crippen molar-refractivity contribution in [3.8, 4) is 23.7 Å². The molecule has 0 saturated carbocycles. The summed E-state index contributed by atoms with van der Waals surface area (Å²) in [6.45, 7) is 0. The average molecular weight is 468 g/mol. The van der Waals surface area contributed by atoms with Crippen LogP contribution in [0.2, 0.25) is 0 Å². The van der Waals surface area contributed by atoms with Crippen LogP contribution in [0.5, 0.6) is 0 Å². The Labute approximate surface area is 203 Å². The molecule has 3 aromatic rings. The maximum absolute atomic E-state index is 12.8. The first-order chi connectivity index (χ1) is 17.0. The van der Waals surface area contributed by atoms with Gasteiger partial charge in [-0.25, -0.2) is 4.79 Å². The molecule has 2 amide bonds. The molecule has 1 aliphatic heterocycles. The van der Waals surface area contributed by atoms with Crippen LogP contribution in [0.4, 0.5) is 0 Å². The van der Waals surface area contributed by atoms with E-state index in [2.05, 4.69) is 29.0 Å². The second kappa shape index (κ2) is 10.7. The summed E-state index contributed by atoms with van der Waals surface area (Å²) in [7, 11) is 1.67. The number of aldehydes is 1. The molecule has 0 radical (unpaired) electrons. The van der Waals surface area contributed by atoms with E-state index in [-0.39, 0.29) is 18.0 Å². The summed E-state index contributed by atoms with van der Waals surface area (Å²) in [6, 6.07) is 12.0. The van der Waals surface area contributed by atoms with Crippen molar-refractivity contribution in [3.05, 3.63) is 69.6 Å². The predicted molar refractivity (Wildman–Crippen MR) is 133 cm³/mol. The molecule has 0 spiro atoms. The molecule has 1 fully saturated rings. The fraction of sp³-hybridized carbons (Fsp3) is 0.286. The topological polar surface area (TPSA) is 90.2 Å². The van der Waals surface area contributed by atoms with Gasteiger partial charge in [0.15, 0.2) is 0 Å². The number of rotatable bonds is 5. The summed E-state index contributed by atoms with van der Waals surface area (Å²) < 4.78 is 2.97. The Morgan fingerprint density at radius 2 is 1.69 bits per heavy atom. The summed E-state index contributed by atoms with van der Waals surface area (Å²) in [6.07, 6.45) is 4.67. The number of imidazole rings is 1. The molecule has 1 aromatic heterocycles. The molecule has 0 bridgehead atoms. The van der Waals surface area contributed by atoms with Crippen molar-refractivity contribution in [2.45, 2.75) is 44.6 Å². The maximum atomic E-state index is 12.8. The number of benzene rings is 2. The van der Waals surface area contributed by atoms with Crippen LogP contribution in [0.3, 0.4) is 0 Å². The molecule has 7 nitrogen and oxygen atoms in total. The summed E-state index contributed by atoms with van der Waals surface area (Å²) >= 11 is 0. The van der Waals surface area contributed by atoms with Crippen LogP contribution in [-0.4, -0.2) is 27.2 Å². The van der Waals surface area contributed by atoms with Gasteiger partial charge >= 0.3 is 5.69 Å². The molecule has 176 valence electrons. The average Bonchev–Trinajstić information content (AvgIpc) is 3.10. The quantitative estimate of drug-likeness (QED) is 0.270. The van der Waals surface area contributed by atoms with E-state index in [1.54, 1.807) is 25.2 Å². The molecule has 35 heavy (non-hydrogen) atoms. The number of hydrogen-bond donors (Lipinski definition) is 1. The Bertz CT molecular complexity index is 1490. The molecule has 1 unspecified atom stereocenters. The van der Waals surface area contributed by atoms with Gasteiger partial charge in [-0.05, 0) is 49.6 Å². The number of fused-ring (bicyclic) bond motifs is 1. The third kappa shape index (κ3) is 5.42. The minimum Gasteiger partial charge on any atom is -0.298 e. The first-order valence-corrected chi connectivity index (χ1v) is 11.6. The van der Waals surface area contributed by atoms with Gasteiger partial charge in [-0.15, -0.1) is 0 Å². The van der Waals surface area contributed by atoms with Crippen molar-refractivity contribution in [2.75, 3.05) is 0 Å². The molecular weight excluding hydrogens is 442 g/mol. The van der Waals surface area contributed by atoms with Gasteiger partial charge in [0.25, 0.3) is 0 Å². The van der Waals surface area contributed by atoms with Crippen LogP contribution in [0.1, 0.15) is 66.1 Å². The molecule has 0 aliphatic carbocycles. The summed E-state index contributed by atoms with van der Waals surface area (Å²) in [5.74, 6) is 11.8. The van der Waals surface area contributed by atoms with Crippen LogP contribution in [0.15, 0.2) is 47.3 Å². The second-order valence-electron chi connectivity index (χ2n) is 8.44. The van der Waals surface area contributed by atoms with Crippen molar-refractivity contribution in [2.24, 2.45) is 7.05 Å². The molecule has 1 aliphatic rings. The second-order valence-corrected chi connectivity index (χ2v) is 8.44. The van der Waals surface area contributed by atoms with Crippen LogP contribution in [0.25, 0.3) is 11.0 Å². The van der Waals surface area contributed by atoms with Gasteiger partial charge in [0.1, 0.15) is 12.3 Å². The van der Waals surface area contributed by atoms with Gasteiger partial charge < -0.3 is 0 Å². The van der Waals surface area contributed by atoms with Crippen molar-refractivity contribution in [3.63, 3.8) is 0 Å². The number of hydrogen-bond acceptors (Lipinski definition) is 4. The molecule has 1 atom stereocenters. The Kier molecular flexibility index (Phi) is 7.28. The largest absolute Gasteiger partial charge is 0.329 e. The Morgan fingerprint density at radius 3 is 2.37 bits per heavy atom. The van der Waals surface area contributed by atoms with Crippen molar-refractivity contribution in [1.82, 2.24) is 14.5 Å². The van der Waals surface area contributed by atoms with Crippen LogP contribution in [-0.2, 0) is 16.6 Å². The zero-order valence-electron chi connectivity index (χ0n) is 19.5. The molecule has 2 aromatic carbocycles. The first kappa shape index (κ1) is 23.8. The number of imide groups is 1. The summed E-state index contributed by atoms with van der Waals surface area (Å²) in [5, 5.41) is 2.32. The normalized spacial score (nSPS) is 15.1. The lowest BCUT2D eigenvalue weighted by molar-refractivity contribution is -0.135. The van der Waals surface area contributed by atoms with Gasteiger partial charge in [0, 0.05) is 43.0 Å². The number of aryl methyl sites for hydroxylation is 1.